The maximum Gasteiger partial charge on any atom is 0.140 e. The molecule has 1 aromatic heterocycles. The monoisotopic (exact) mass is 211 g/mol. The highest BCUT2D eigenvalue weighted by atomic mass is 16.3. The first kappa shape index (κ1) is 11.9. The van der Waals surface area contributed by atoms with Crippen LogP contribution in [-0.2, 0) is 13.0 Å². The van der Waals surface area contributed by atoms with E-state index in [2.05, 4.69) is 4.98 Å². The van der Waals surface area contributed by atoms with Crippen molar-refractivity contribution in [3.05, 3.63) is 23.0 Å². The van der Waals surface area contributed by atoms with Gasteiger partial charge < -0.3 is 21.7 Å². The largest absolute Gasteiger partial charge is 0.506 e. The summed E-state index contributed by atoms with van der Waals surface area (Å²) in [6, 6.07) is -0.219. The van der Waals surface area contributed by atoms with Gasteiger partial charge in [0.25, 0.3) is 0 Å². The summed E-state index contributed by atoms with van der Waals surface area (Å²) >= 11 is 0. The molecule has 5 nitrogen and oxygen atoms in total. The van der Waals surface area contributed by atoms with E-state index in [1.54, 1.807) is 13.1 Å². The maximum absolute atomic E-state index is 9.78. The summed E-state index contributed by atoms with van der Waals surface area (Å²) in [5, 5.41) is 18.9. The SMILES string of the molecule is Cc1ncc(CO)c(CC(N)CN)c1O. The van der Waals surface area contributed by atoms with E-state index in [9.17, 15) is 5.11 Å². The standard InChI is InChI=1S/C10H17N3O2/c1-6-10(15)9(2-8(12)3-11)7(5-14)4-13-6/h4,8,14-15H,2-3,5,11-12H2,1H3. The van der Waals surface area contributed by atoms with Crippen molar-refractivity contribution in [3.8, 4) is 5.75 Å². The molecule has 0 fully saturated rings. The molecular weight excluding hydrogens is 194 g/mol. The molecule has 1 heterocycles. The van der Waals surface area contributed by atoms with Gasteiger partial charge in [0.2, 0.25) is 0 Å². The predicted octanol–water partition coefficient (Wildman–Crippen LogP) is -0.584. The van der Waals surface area contributed by atoms with Crippen LogP contribution < -0.4 is 11.5 Å². The second-order valence-electron chi connectivity index (χ2n) is 3.55. The lowest BCUT2D eigenvalue weighted by molar-refractivity contribution is 0.278. The third-order valence-electron chi connectivity index (χ3n) is 2.37. The summed E-state index contributed by atoms with van der Waals surface area (Å²) in [5.41, 5.74) is 12.9. The average Bonchev–Trinajstić information content (AvgIpc) is 2.25. The van der Waals surface area contributed by atoms with Gasteiger partial charge in [0.05, 0.1) is 12.3 Å². The summed E-state index contributed by atoms with van der Waals surface area (Å²) < 4.78 is 0. The van der Waals surface area contributed by atoms with Crippen LogP contribution in [0.25, 0.3) is 0 Å². The van der Waals surface area contributed by atoms with Crippen molar-refractivity contribution in [1.82, 2.24) is 4.98 Å². The van der Waals surface area contributed by atoms with Crippen LogP contribution in [0, 0.1) is 6.92 Å². The number of aromatic nitrogens is 1. The lowest BCUT2D eigenvalue weighted by atomic mass is 10.0. The quantitative estimate of drug-likeness (QED) is 0.533. The van der Waals surface area contributed by atoms with Gasteiger partial charge in [0.15, 0.2) is 0 Å². The topological polar surface area (TPSA) is 105 Å². The second kappa shape index (κ2) is 5.06. The summed E-state index contributed by atoms with van der Waals surface area (Å²) in [6.07, 6.45) is 2.00. The van der Waals surface area contributed by atoms with Gasteiger partial charge in [-0.1, -0.05) is 0 Å². The van der Waals surface area contributed by atoms with Crippen LogP contribution >= 0.6 is 0 Å². The number of pyridine rings is 1. The molecule has 0 aliphatic carbocycles. The molecule has 0 saturated heterocycles. The Labute approximate surface area is 88.7 Å². The van der Waals surface area contributed by atoms with E-state index >= 15 is 0 Å². The van der Waals surface area contributed by atoms with Gasteiger partial charge >= 0.3 is 0 Å². The molecule has 0 amide bonds. The van der Waals surface area contributed by atoms with E-state index in [4.69, 9.17) is 16.6 Å². The first-order chi connectivity index (χ1) is 7.10. The van der Waals surface area contributed by atoms with E-state index in [-0.39, 0.29) is 18.4 Å². The molecule has 1 unspecified atom stereocenters. The van der Waals surface area contributed by atoms with Gasteiger partial charge in [-0.15, -0.1) is 0 Å². The van der Waals surface area contributed by atoms with Crippen LogP contribution in [0.4, 0.5) is 0 Å². The number of hydrogen-bond donors (Lipinski definition) is 4. The molecule has 84 valence electrons. The number of nitrogens with two attached hydrogens (primary N) is 2. The zero-order chi connectivity index (χ0) is 11.4. The molecule has 6 N–H and O–H groups in total. The first-order valence-corrected chi connectivity index (χ1v) is 4.83. The number of aryl methyl sites for hydroxylation is 1. The van der Waals surface area contributed by atoms with Crippen molar-refractivity contribution in [3.63, 3.8) is 0 Å². The van der Waals surface area contributed by atoms with Crippen LogP contribution in [0.15, 0.2) is 6.20 Å². The molecule has 0 bridgehead atoms. The van der Waals surface area contributed by atoms with Crippen molar-refractivity contribution < 1.29 is 10.2 Å². The van der Waals surface area contributed by atoms with Crippen molar-refractivity contribution in [2.24, 2.45) is 11.5 Å². The Morgan fingerprint density at radius 1 is 1.53 bits per heavy atom. The normalized spacial score (nSPS) is 12.8. The zero-order valence-electron chi connectivity index (χ0n) is 8.77. The third kappa shape index (κ3) is 2.65. The number of rotatable bonds is 4. The zero-order valence-corrected chi connectivity index (χ0v) is 8.77. The Hall–Kier alpha value is -1.17. The Kier molecular flexibility index (Phi) is 4.02. The predicted molar refractivity (Wildman–Crippen MR) is 57.3 cm³/mol. The first-order valence-electron chi connectivity index (χ1n) is 4.83. The molecule has 5 heteroatoms. The number of aromatic hydroxyl groups is 1. The maximum atomic E-state index is 9.78. The molecule has 0 aromatic carbocycles. The van der Waals surface area contributed by atoms with Crippen molar-refractivity contribution in [2.45, 2.75) is 26.0 Å². The van der Waals surface area contributed by atoms with E-state index in [1.807, 2.05) is 0 Å². The fourth-order valence-corrected chi connectivity index (χ4v) is 1.39. The second-order valence-corrected chi connectivity index (χ2v) is 3.55. The summed E-state index contributed by atoms with van der Waals surface area (Å²) in [5.74, 6) is 0.102. The highest BCUT2D eigenvalue weighted by molar-refractivity contribution is 5.41. The summed E-state index contributed by atoms with van der Waals surface area (Å²) in [4.78, 5) is 3.96. The fraction of sp³-hybridized carbons (Fsp3) is 0.500. The lowest BCUT2D eigenvalue weighted by Crippen LogP contribution is -2.32. The molecule has 1 rings (SSSR count). The van der Waals surface area contributed by atoms with Crippen LogP contribution in [0.2, 0.25) is 0 Å². The van der Waals surface area contributed by atoms with Crippen molar-refractivity contribution >= 4 is 0 Å². The molecule has 0 aliphatic rings. The minimum absolute atomic E-state index is 0.102. The Morgan fingerprint density at radius 3 is 2.73 bits per heavy atom. The minimum atomic E-state index is -0.219. The minimum Gasteiger partial charge on any atom is -0.506 e. The van der Waals surface area contributed by atoms with Gasteiger partial charge in [-0.3, -0.25) is 4.98 Å². The molecule has 15 heavy (non-hydrogen) atoms. The van der Waals surface area contributed by atoms with Gasteiger partial charge in [-0.05, 0) is 13.3 Å². The molecule has 1 aromatic rings. The summed E-state index contributed by atoms with van der Waals surface area (Å²) in [7, 11) is 0. The molecule has 1 atom stereocenters. The average molecular weight is 211 g/mol. The third-order valence-corrected chi connectivity index (χ3v) is 2.37. The Balaban J connectivity index is 3.06. The lowest BCUT2D eigenvalue weighted by Gasteiger charge is -2.14. The molecular formula is C10H17N3O2. The van der Waals surface area contributed by atoms with Crippen LogP contribution in [0.3, 0.4) is 0 Å². The fourth-order valence-electron chi connectivity index (χ4n) is 1.39. The molecule has 0 saturated carbocycles. The van der Waals surface area contributed by atoms with Crippen molar-refractivity contribution in [1.29, 1.82) is 0 Å². The highest BCUT2D eigenvalue weighted by Gasteiger charge is 2.13. The van der Waals surface area contributed by atoms with E-state index in [0.29, 0.717) is 29.8 Å². The van der Waals surface area contributed by atoms with Gasteiger partial charge in [0, 0.05) is 29.9 Å². The van der Waals surface area contributed by atoms with Crippen LogP contribution in [0.5, 0.6) is 5.75 Å². The van der Waals surface area contributed by atoms with Gasteiger partial charge in [-0.2, -0.15) is 0 Å². The van der Waals surface area contributed by atoms with E-state index < -0.39 is 0 Å². The number of aliphatic hydroxyl groups is 1. The number of nitrogens with zero attached hydrogens (tertiary/aromatic N) is 1. The van der Waals surface area contributed by atoms with Crippen LogP contribution in [0.1, 0.15) is 16.8 Å². The smallest absolute Gasteiger partial charge is 0.140 e. The van der Waals surface area contributed by atoms with E-state index in [0.717, 1.165) is 0 Å². The van der Waals surface area contributed by atoms with E-state index in [1.165, 1.54) is 0 Å². The Morgan fingerprint density at radius 2 is 2.20 bits per heavy atom. The molecule has 0 radical (unpaired) electrons. The van der Waals surface area contributed by atoms with Gasteiger partial charge in [-0.25, -0.2) is 0 Å². The number of hydrogen-bond acceptors (Lipinski definition) is 5. The molecule has 0 spiro atoms. The number of aliphatic hydroxyl groups excluding tert-OH is 1. The van der Waals surface area contributed by atoms with Crippen molar-refractivity contribution in [2.75, 3.05) is 6.54 Å². The Bertz CT molecular complexity index is 342. The van der Waals surface area contributed by atoms with Crippen LogP contribution in [-0.4, -0.2) is 27.8 Å². The summed E-state index contributed by atoms with van der Waals surface area (Å²) in [6.45, 7) is 1.88. The van der Waals surface area contributed by atoms with Gasteiger partial charge in [0.1, 0.15) is 5.75 Å². The molecule has 0 aliphatic heterocycles. The highest BCUT2D eigenvalue weighted by Crippen LogP contribution is 2.24.